The summed E-state index contributed by atoms with van der Waals surface area (Å²) in [6.45, 7) is 6.12. The van der Waals surface area contributed by atoms with E-state index in [1.54, 1.807) is 0 Å². The van der Waals surface area contributed by atoms with E-state index in [-0.39, 0.29) is 0 Å². The molecule has 2 unspecified atom stereocenters. The SMILES string of the molecule is [B]C1CCC([SiH](C)C)CN1C. The quantitative estimate of drug-likeness (QED) is 0.528. The van der Waals surface area contributed by atoms with Crippen molar-refractivity contribution in [3.8, 4) is 0 Å². The highest BCUT2D eigenvalue weighted by molar-refractivity contribution is 6.57. The van der Waals surface area contributed by atoms with Gasteiger partial charge in [0.15, 0.2) is 0 Å². The summed E-state index contributed by atoms with van der Waals surface area (Å²) in [5.74, 6) is 0.332. The van der Waals surface area contributed by atoms with Crippen LogP contribution >= 0.6 is 0 Å². The van der Waals surface area contributed by atoms with E-state index >= 15 is 0 Å². The van der Waals surface area contributed by atoms with Crippen LogP contribution in [0.1, 0.15) is 12.8 Å². The maximum absolute atomic E-state index is 5.88. The molecule has 0 saturated carbocycles. The Morgan fingerprint density at radius 1 is 1.36 bits per heavy atom. The normalized spacial score (nSPS) is 34.5. The lowest BCUT2D eigenvalue weighted by Crippen LogP contribution is -2.41. The first-order valence-corrected chi connectivity index (χ1v) is 7.54. The zero-order valence-electron chi connectivity index (χ0n) is 7.88. The van der Waals surface area contributed by atoms with Crippen LogP contribution in [0.3, 0.4) is 0 Å². The topological polar surface area (TPSA) is 3.24 Å². The van der Waals surface area contributed by atoms with Crippen LogP contribution in [0.5, 0.6) is 0 Å². The highest BCUT2D eigenvalue weighted by atomic mass is 28.3. The van der Waals surface area contributed by atoms with Crippen LogP contribution in [-0.2, 0) is 0 Å². The molecule has 1 heterocycles. The molecule has 1 aliphatic heterocycles. The van der Waals surface area contributed by atoms with Crippen LogP contribution in [0.2, 0.25) is 18.6 Å². The monoisotopic (exact) mass is 167 g/mol. The first-order chi connectivity index (χ1) is 5.11. The average Bonchev–Trinajstić information content (AvgIpc) is 1.94. The van der Waals surface area contributed by atoms with Gasteiger partial charge in [0.25, 0.3) is 0 Å². The highest BCUT2D eigenvalue weighted by Gasteiger charge is 2.24. The van der Waals surface area contributed by atoms with Crippen molar-refractivity contribution in [3.63, 3.8) is 0 Å². The summed E-state index contributed by atoms with van der Waals surface area (Å²) in [7, 11) is 7.61. The van der Waals surface area contributed by atoms with Gasteiger partial charge in [0, 0.05) is 8.80 Å². The molecule has 1 nitrogen and oxygen atoms in total. The number of rotatable bonds is 1. The number of likely N-dealkylation sites (tertiary alicyclic amines) is 1. The predicted molar refractivity (Wildman–Crippen MR) is 54.0 cm³/mol. The third kappa shape index (κ3) is 2.34. The number of hydrogen-bond donors (Lipinski definition) is 0. The second-order valence-electron chi connectivity index (χ2n) is 4.09. The molecule has 1 aliphatic rings. The summed E-state index contributed by atoms with van der Waals surface area (Å²) >= 11 is 0. The summed E-state index contributed by atoms with van der Waals surface area (Å²) in [5.41, 5.74) is 1.000. The van der Waals surface area contributed by atoms with Crippen molar-refractivity contribution in [1.82, 2.24) is 4.90 Å². The van der Waals surface area contributed by atoms with E-state index in [0.29, 0.717) is 5.94 Å². The number of hydrogen-bond acceptors (Lipinski definition) is 1. The van der Waals surface area contributed by atoms with Crippen LogP contribution < -0.4 is 0 Å². The molecule has 0 spiro atoms. The molecule has 1 fully saturated rings. The van der Waals surface area contributed by atoms with E-state index < -0.39 is 8.80 Å². The van der Waals surface area contributed by atoms with Gasteiger partial charge in [-0.15, -0.1) is 0 Å². The average molecular weight is 167 g/mol. The van der Waals surface area contributed by atoms with Gasteiger partial charge in [-0.05, 0) is 31.5 Å². The Balaban J connectivity index is 2.40. The fraction of sp³-hybridized carbons (Fsp3) is 1.00. The van der Waals surface area contributed by atoms with Crippen LogP contribution in [-0.4, -0.2) is 41.1 Å². The van der Waals surface area contributed by atoms with E-state index in [0.717, 1.165) is 5.54 Å². The van der Waals surface area contributed by atoms with Gasteiger partial charge in [0.1, 0.15) is 0 Å². The molecule has 2 atom stereocenters. The summed E-state index contributed by atoms with van der Waals surface area (Å²) in [5, 5.41) is 0. The van der Waals surface area contributed by atoms with E-state index in [1.807, 2.05) is 0 Å². The molecule has 3 heteroatoms. The molecule has 0 N–H and O–H groups in total. The molecule has 62 valence electrons. The maximum atomic E-state index is 5.88. The van der Waals surface area contributed by atoms with Gasteiger partial charge in [-0.1, -0.05) is 19.5 Å². The summed E-state index contributed by atoms with van der Waals surface area (Å²) in [6.07, 6.45) is 2.57. The molecule has 11 heavy (non-hydrogen) atoms. The maximum Gasteiger partial charge on any atom is 0.0910 e. The van der Waals surface area contributed by atoms with Gasteiger partial charge in [0.05, 0.1) is 7.85 Å². The van der Waals surface area contributed by atoms with Crippen molar-refractivity contribution in [2.75, 3.05) is 13.6 Å². The molecule has 0 amide bonds. The predicted octanol–water partition coefficient (Wildman–Crippen LogP) is 1.06. The highest BCUT2D eigenvalue weighted by Crippen LogP contribution is 2.25. The molecular weight excluding hydrogens is 149 g/mol. The van der Waals surface area contributed by atoms with Gasteiger partial charge in [0.2, 0.25) is 0 Å². The van der Waals surface area contributed by atoms with E-state index in [9.17, 15) is 0 Å². The smallest absolute Gasteiger partial charge is 0.0910 e. The fourth-order valence-electron chi connectivity index (χ4n) is 1.75. The van der Waals surface area contributed by atoms with E-state index in [4.69, 9.17) is 7.85 Å². The lowest BCUT2D eigenvalue weighted by Gasteiger charge is -2.37. The van der Waals surface area contributed by atoms with Gasteiger partial charge >= 0.3 is 0 Å². The summed E-state index contributed by atoms with van der Waals surface area (Å²) in [6, 6.07) is 0. The summed E-state index contributed by atoms with van der Waals surface area (Å²) < 4.78 is 0. The second kappa shape index (κ2) is 3.77. The third-order valence-corrected chi connectivity index (χ3v) is 5.29. The molecule has 0 aromatic rings. The van der Waals surface area contributed by atoms with E-state index in [1.165, 1.54) is 19.4 Å². The Morgan fingerprint density at radius 3 is 2.45 bits per heavy atom. The Bertz CT molecular complexity index is 129. The molecule has 0 aromatic carbocycles. The van der Waals surface area contributed by atoms with Crippen molar-refractivity contribution in [3.05, 3.63) is 0 Å². The van der Waals surface area contributed by atoms with Crippen LogP contribution in [0, 0.1) is 0 Å². The molecular formula is C8H18BNSi. The standard InChI is InChI=1S/C8H18BNSi/c1-10-6-7(11(2)3)4-5-8(10)9/h7-8,11H,4-6H2,1-3H3. The number of piperidine rings is 1. The fourth-order valence-corrected chi connectivity index (χ4v) is 3.36. The Hall–Kier alpha value is 0.242. The number of nitrogens with zero attached hydrogens (tertiary/aromatic N) is 1. The van der Waals surface area contributed by atoms with Crippen LogP contribution in [0.4, 0.5) is 0 Å². The summed E-state index contributed by atoms with van der Waals surface area (Å²) in [4.78, 5) is 2.31. The third-order valence-electron chi connectivity index (χ3n) is 2.86. The lowest BCUT2D eigenvalue weighted by molar-refractivity contribution is 0.244. The zero-order chi connectivity index (χ0) is 8.43. The lowest BCUT2D eigenvalue weighted by atomic mass is 9.87. The van der Waals surface area contributed by atoms with Crippen molar-refractivity contribution < 1.29 is 0 Å². The Morgan fingerprint density at radius 2 is 2.00 bits per heavy atom. The van der Waals surface area contributed by atoms with Gasteiger partial charge < -0.3 is 4.90 Å². The Kier molecular flexibility index (Phi) is 3.19. The molecule has 0 aliphatic carbocycles. The Labute approximate surface area is 73.2 Å². The first kappa shape index (κ1) is 9.33. The molecule has 2 radical (unpaired) electrons. The van der Waals surface area contributed by atoms with Gasteiger partial charge in [-0.2, -0.15) is 0 Å². The second-order valence-corrected chi connectivity index (χ2v) is 7.52. The van der Waals surface area contributed by atoms with Crippen molar-refractivity contribution in [2.45, 2.75) is 37.4 Å². The van der Waals surface area contributed by atoms with Crippen molar-refractivity contribution in [2.24, 2.45) is 0 Å². The largest absolute Gasteiger partial charge is 0.312 e. The van der Waals surface area contributed by atoms with Gasteiger partial charge in [-0.25, -0.2) is 0 Å². The molecule has 1 rings (SSSR count). The van der Waals surface area contributed by atoms with Crippen molar-refractivity contribution >= 4 is 16.6 Å². The van der Waals surface area contributed by atoms with E-state index in [2.05, 4.69) is 25.0 Å². The van der Waals surface area contributed by atoms with Crippen LogP contribution in [0.25, 0.3) is 0 Å². The first-order valence-electron chi connectivity index (χ1n) is 4.57. The molecule has 1 saturated heterocycles. The van der Waals surface area contributed by atoms with Crippen molar-refractivity contribution in [1.29, 1.82) is 0 Å². The van der Waals surface area contributed by atoms with Gasteiger partial charge in [-0.3, -0.25) is 0 Å². The minimum Gasteiger partial charge on any atom is -0.312 e. The van der Waals surface area contributed by atoms with Crippen LogP contribution in [0.15, 0.2) is 0 Å². The minimum absolute atomic E-state index is 0.332. The minimum atomic E-state index is -0.415. The molecule has 0 aromatic heterocycles. The zero-order valence-corrected chi connectivity index (χ0v) is 9.03. The molecule has 0 bridgehead atoms.